The monoisotopic (exact) mass is 416 g/mol. The van der Waals surface area contributed by atoms with E-state index in [2.05, 4.69) is 11.7 Å². The van der Waals surface area contributed by atoms with Gasteiger partial charge in [-0.15, -0.1) is 6.58 Å². The van der Waals surface area contributed by atoms with Crippen molar-refractivity contribution in [1.29, 1.82) is 0 Å². The van der Waals surface area contributed by atoms with Gasteiger partial charge < -0.3 is 14.7 Å². The Kier molecular flexibility index (Phi) is 8.07. The molecule has 0 saturated carbocycles. The van der Waals surface area contributed by atoms with Gasteiger partial charge in [-0.05, 0) is 35.4 Å². The predicted molar refractivity (Wildman–Crippen MR) is 111 cm³/mol. The molecule has 5 nitrogen and oxygen atoms in total. The van der Waals surface area contributed by atoms with Crippen LogP contribution in [0, 0.1) is 11.6 Å². The number of oxime groups is 1. The lowest BCUT2D eigenvalue weighted by molar-refractivity contribution is 0.00334. The molecule has 1 N–H and O–H groups in total. The van der Waals surface area contributed by atoms with Crippen LogP contribution in [0.4, 0.5) is 8.78 Å². The molecule has 1 aliphatic rings. The number of halogens is 2. The zero-order valence-corrected chi connectivity index (χ0v) is 16.7. The molecule has 2 unspecified atom stereocenters. The molecule has 160 valence electrons. The first-order chi connectivity index (χ1) is 14.5. The average molecular weight is 416 g/mol. The number of aliphatic hydroxyl groups is 1. The van der Waals surface area contributed by atoms with Crippen LogP contribution in [-0.2, 0) is 16.1 Å². The van der Waals surface area contributed by atoms with Crippen LogP contribution in [-0.4, -0.2) is 54.2 Å². The standard InChI is InChI=1S/C23H26F2N2O3/c1-2-10-29-16-21(28)14-27(13-17-4-3-5-20(25)11-17)15-22-12-23(26-30-22)18-6-8-19(24)9-7-18/h2-9,11,21-22,28H,1,10,12-16H2. The maximum absolute atomic E-state index is 13.6. The Balaban J connectivity index is 1.61. The van der Waals surface area contributed by atoms with Crippen LogP contribution in [0.2, 0.25) is 0 Å². The molecular weight excluding hydrogens is 390 g/mol. The van der Waals surface area contributed by atoms with Crippen LogP contribution in [0.1, 0.15) is 17.5 Å². The summed E-state index contributed by atoms with van der Waals surface area (Å²) in [6, 6.07) is 12.5. The zero-order chi connectivity index (χ0) is 21.3. The van der Waals surface area contributed by atoms with Gasteiger partial charge in [0.1, 0.15) is 17.7 Å². The molecule has 7 heteroatoms. The first-order valence-corrected chi connectivity index (χ1v) is 9.85. The van der Waals surface area contributed by atoms with Crippen molar-refractivity contribution < 1.29 is 23.5 Å². The third-order valence-electron chi connectivity index (χ3n) is 4.68. The second kappa shape index (κ2) is 11.0. The summed E-state index contributed by atoms with van der Waals surface area (Å²) < 4.78 is 32.1. The molecule has 30 heavy (non-hydrogen) atoms. The van der Waals surface area contributed by atoms with Gasteiger partial charge in [-0.3, -0.25) is 4.90 Å². The molecule has 1 heterocycles. The third kappa shape index (κ3) is 6.73. The van der Waals surface area contributed by atoms with Gasteiger partial charge in [0.05, 0.1) is 25.0 Å². The molecular formula is C23H26F2N2O3. The van der Waals surface area contributed by atoms with Crippen molar-refractivity contribution in [2.24, 2.45) is 5.16 Å². The zero-order valence-electron chi connectivity index (χ0n) is 16.7. The number of hydrogen-bond acceptors (Lipinski definition) is 5. The summed E-state index contributed by atoms with van der Waals surface area (Å²) in [6.45, 7) is 5.39. The molecule has 2 aromatic carbocycles. The Hall–Kier alpha value is -2.61. The second-order valence-electron chi connectivity index (χ2n) is 7.28. The summed E-state index contributed by atoms with van der Waals surface area (Å²) in [6.07, 6.45) is 1.25. The van der Waals surface area contributed by atoms with E-state index in [1.807, 2.05) is 11.0 Å². The highest BCUT2D eigenvalue weighted by Gasteiger charge is 2.26. The van der Waals surface area contributed by atoms with E-state index in [4.69, 9.17) is 9.57 Å². The highest BCUT2D eigenvalue weighted by Crippen LogP contribution is 2.19. The van der Waals surface area contributed by atoms with E-state index in [0.717, 1.165) is 16.8 Å². The van der Waals surface area contributed by atoms with Crippen molar-refractivity contribution in [2.45, 2.75) is 25.2 Å². The van der Waals surface area contributed by atoms with Crippen LogP contribution in [0.25, 0.3) is 0 Å². The maximum Gasteiger partial charge on any atom is 0.145 e. The number of ether oxygens (including phenoxy) is 1. The lowest BCUT2D eigenvalue weighted by atomic mass is 10.0. The molecule has 0 saturated heterocycles. The smallest absolute Gasteiger partial charge is 0.145 e. The van der Waals surface area contributed by atoms with Crippen molar-refractivity contribution in [2.75, 3.05) is 26.3 Å². The minimum atomic E-state index is -0.711. The number of aliphatic hydroxyl groups excluding tert-OH is 1. The van der Waals surface area contributed by atoms with Crippen LogP contribution in [0.15, 0.2) is 66.3 Å². The SMILES string of the molecule is C=CCOCC(O)CN(Cc1cccc(F)c1)CC1CC(c2ccc(F)cc2)=NO1. The maximum atomic E-state index is 13.6. The van der Waals surface area contributed by atoms with Crippen LogP contribution in [0.5, 0.6) is 0 Å². The topological polar surface area (TPSA) is 54.3 Å². The summed E-state index contributed by atoms with van der Waals surface area (Å²) in [5.41, 5.74) is 2.36. The Morgan fingerprint density at radius 2 is 2.03 bits per heavy atom. The van der Waals surface area contributed by atoms with E-state index >= 15 is 0 Å². The van der Waals surface area contributed by atoms with Crippen molar-refractivity contribution in [3.63, 3.8) is 0 Å². The first-order valence-electron chi connectivity index (χ1n) is 9.85. The molecule has 2 atom stereocenters. The predicted octanol–water partition coefficient (Wildman–Crippen LogP) is 3.52. The fraction of sp³-hybridized carbons (Fsp3) is 0.348. The van der Waals surface area contributed by atoms with E-state index in [9.17, 15) is 13.9 Å². The molecule has 1 aliphatic heterocycles. The van der Waals surface area contributed by atoms with Gasteiger partial charge in [0, 0.05) is 26.1 Å². The van der Waals surface area contributed by atoms with Gasteiger partial charge in [0.25, 0.3) is 0 Å². The minimum Gasteiger partial charge on any atom is -0.390 e. The number of nitrogens with zero attached hydrogens (tertiary/aromatic N) is 2. The van der Waals surface area contributed by atoms with Gasteiger partial charge >= 0.3 is 0 Å². The Morgan fingerprint density at radius 3 is 2.77 bits per heavy atom. The molecule has 0 spiro atoms. The van der Waals surface area contributed by atoms with E-state index in [0.29, 0.717) is 32.7 Å². The van der Waals surface area contributed by atoms with Crippen molar-refractivity contribution >= 4 is 5.71 Å². The number of hydrogen-bond donors (Lipinski definition) is 1. The molecule has 0 aliphatic carbocycles. The lowest BCUT2D eigenvalue weighted by Crippen LogP contribution is -2.39. The Bertz CT molecular complexity index is 858. The van der Waals surface area contributed by atoms with Gasteiger partial charge in [-0.1, -0.05) is 35.5 Å². The molecule has 2 aromatic rings. The Morgan fingerprint density at radius 1 is 1.23 bits per heavy atom. The van der Waals surface area contributed by atoms with E-state index in [-0.39, 0.29) is 24.3 Å². The van der Waals surface area contributed by atoms with Crippen LogP contribution in [0.3, 0.4) is 0 Å². The van der Waals surface area contributed by atoms with Crippen molar-refractivity contribution in [3.05, 3.63) is 83.9 Å². The summed E-state index contributed by atoms with van der Waals surface area (Å²) in [5, 5.41) is 14.5. The molecule has 0 bridgehead atoms. The van der Waals surface area contributed by atoms with E-state index in [1.165, 1.54) is 24.3 Å². The molecule has 0 radical (unpaired) electrons. The summed E-state index contributed by atoms with van der Waals surface area (Å²) >= 11 is 0. The summed E-state index contributed by atoms with van der Waals surface area (Å²) in [7, 11) is 0. The van der Waals surface area contributed by atoms with Crippen molar-refractivity contribution in [3.8, 4) is 0 Å². The summed E-state index contributed by atoms with van der Waals surface area (Å²) in [5.74, 6) is -0.606. The lowest BCUT2D eigenvalue weighted by Gasteiger charge is -2.27. The fourth-order valence-electron chi connectivity index (χ4n) is 3.36. The molecule has 0 amide bonds. The average Bonchev–Trinajstić information content (AvgIpc) is 3.17. The second-order valence-corrected chi connectivity index (χ2v) is 7.28. The van der Waals surface area contributed by atoms with Crippen LogP contribution < -0.4 is 0 Å². The first kappa shape index (κ1) is 22.1. The van der Waals surface area contributed by atoms with Gasteiger partial charge in [-0.2, -0.15) is 0 Å². The van der Waals surface area contributed by atoms with E-state index < -0.39 is 6.10 Å². The van der Waals surface area contributed by atoms with Gasteiger partial charge in [0.2, 0.25) is 0 Å². The quantitative estimate of drug-likeness (QED) is 0.450. The van der Waals surface area contributed by atoms with Crippen LogP contribution >= 0.6 is 0 Å². The highest BCUT2D eigenvalue weighted by atomic mass is 19.1. The number of rotatable bonds is 11. The normalized spacial score (nSPS) is 16.9. The minimum absolute atomic E-state index is 0.175. The highest BCUT2D eigenvalue weighted by molar-refractivity contribution is 6.01. The summed E-state index contributed by atoms with van der Waals surface area (Å²) in [4.78, 5) is 7.57. The van der Waals surface area contributed by atoms with Gasteiger partial charge in [0.15, 0.2) is 0 Å². The fourth-order valence-corrected chi connectivity index (χ4v) is 3.36. The number of benzene rings is 2. The van der Waals surface area contributed by atoms with Crippen molar-refractivity contribution in [1.82, 2.24) is 4.90 Å². The molecule has 0 fully saturated rings. The third-order valence-corrected chi connectivity index (χ3v) is 4.68. The Labute approximate surface area is 175 Å². The molecule has 3 rings (SSSR count). The van der Waals surface area contributed by atoms with Gasteiger partial charge in [-0.25, -0.2) is 8.78 Å². The van der Waals surface area contributed by atoms with E-state index in [1.54, 1.807) is 24.3 Å². The largest absolute Gasteiger partial charge is 0.390 e. The molecule has 0 aromatic heterocycles.